The third-order valence-electron chi connectivity index (χ3n) is 2.90. The summed E-state index contributed by atoms with van der Waals surface area (Å²) < 4.78 is 1.04. The number of fused-ring (bicyclic) bond motifs is 1. The van der Waals surface area contributed by atoms with Gasteiger partial charge in [0.15, 0.2) is 0 Å². The average molecular weight is 314 g/mol. The SMILES string of the molecule is Nc1ccc(Nc2cccc(Br)c2)c2cccnc12. The van der Waals surface area contributed by atoms with Crippen molar-refractivity contribution in [2.24, 2.45) is 0 Å². The fourth-order valence-electron chi connectivity index (χ4n) is 2.03. The van der Waals surface area contributed by atoms with Crippen LogP contribution in [0.4, 0.5) is 17.1 Å². The van der Waals surface area contributed by atoms with Gasteiger partial charge in [0.05, 0.1) is 11.2 Å². The van der Waals surface area contributed by atoms with Crippen molar-refractivity contribution in [2.75, 3.05) is 11.1 Å². The van der Waals surface area contributed by atoms with E-state index in [0.29, 0.717) is 5.69 Å². The molecule has 0 saturated carbocycles. The van der Waals surface area contributed by atoms with E-state index in [0.717, 1.165) is 26.8 Å². The summed E-state index contributed by atoms with van der Waals surface area (Å²) in [4.78, 5) is 4.33. The van der Waals surface area contributed by atoms with Crippen LogP contribution in [0.25, 0.3) is 10.9 Å². The number of nitrogens with two attached hydrogens (primary N) is 1. The van der Waals surface area contributed by atoms with Gasteiger partial charge in [0, 0.05) is 27.4 Å². The highest BCUT2D eigenvalue weighted by Gasteiger charge is 2.05. The number of nitrogens with zero attached hydrogens (tertiary/aromatic N) is 1. The molecule has 3 aromatic rings. The minimum absolute atomic E-state index is 0.690. The van der Waals surface area contributed by atoms with Gasteiger partial charge < -0.3 is 11.1 Å². The lowest BCUT2D eigenvalue weighted by Crippen LogP contribution is -1.95. The first-order chi connectivity index (χ1) is 9.24. The highest BCUT2D eigenvalue weighted by molar-refractivity contribution is 9.10. The lowest BCUT2D eigenvalue weighted by Gasteiger charge is -2.11. The normalized spacial score (nSPS) is 10.6. The van der Waals surface area contributed by atoms with Gasteiger partial charge in [0.2, 0.25) is 0 Å². The van der Waals surface area contributed by atoms with Crippen molar-refractivity contribution in [3.05, 3.63) is 59.2 Å². The molecule has 0 radical (unpaired) electrons. The van der Waals surface area contributed by atoms with Crippen LogP contribution >= 0.6 is 15.9 Å². The highest BCUT2D eigenvalue weighted by Crippen LogP contribution is 2.29. The number of nitrogen functional groups attached to an aromatic ring is 1. The number of halogens is 1. The first-order valence-electron chi connectivity index (χ1n) is 5.90. The van der Waals surface area contributed by atoms with Crippen LogP contribution in [0.5, 0.6) is 0 Å². The summed E-state index contributed by atoms with van der Waals surface area (Å²) in [7, 11) is 0. The summed E-state index contributed by atoms with van der Waals surface area (Å²) >= 11 is 3.46. The first kappa shape index (κ1) is 12.0. The van der Waals surface area contributed by atoms with Gasteiger partial charge in [-0.25, -0.2) is 0 Å². The number of anilines is 3. The molecule has 0 saturated heterocycles. The Morgan fingerprint density at radius 1 is 1.05 bits per heavy atom. The Hall–Kier alpha value is -2.07. The van der Waals surface area contributed by atoms with Gasteiger partial charge in [-0.15, -0.1) is 0 Å². The number of nitrogens with one attached hydrogen (secondary N) is 1. The summed E-state index contributed by atoms with van der Waals surface area (Å²) in [6.07, 6.45) is 1.75. The van der Waals surface area contributed by atoms with Crippen LogP contribution < -0.4 is 11.1 Å². The molecular weight excluding hydrogens is 302 g/mol. The molecule has 19 heavy (non-hydrogen) atoms. The van der Waals surface area contributed by atoms with Crippen molar-refractivity contribution in [3.63, 3.8) is 0 Å². The molecule has 0 fully saturated rings. The Bertz CT molecular complexity index is 740. The van der Waals surface area contributed by atoms with E-state index in [-0.39, 0.29) is 0 Å². The summed E-state index contributed by atoms with van der Waals surface area (Å²) in [5, 5.41) is 4.41. The maximum absolute atomic E-state index is 5.94. The van der Waals surface area contributed by atoms with Gasteiger partial charge >= 0.3 is 0 Å². The van der Waals surface area contributed by atoms with Crippen molar-refractivity contribution in [1.29, 1.82) is 0 Å². The topological polar surface area (TPSA) is 50.9 Å². The van der Waals surface area contributed by atoms with Crippen LogP contribution in [0.2, 0.25) is 0 Å². The zero-order valence-electron chi connectivity index (χ0n) is 10.1. The molecule has 0 atom stereocenters. The van der Waals surface area contributed by atoms with E-state index in [1.807, 2.05) is 48.5 Å². The summed E-state index contributed by atoms with van der Waals surface area (Å²) in [6.45, 7) is 0. The Morgan fingerprint density at radius 3 is 2.79 bits per heavy atom. The lowest BCUT2D eigenvalue weighted by atomic mass is 10.1. The van der Waals surface area contributed by atoms with Gasteiger partial charge in [0.1, 0.15) is 0 Å². The van der Waals surface area contributed by atoms with Crippen LogP contribution in [0.1, 0.15) is 0 Å². The predicted molar refractivity (Wildman–Crippen MR) is 83.6 cm³/mol. The quantitative estimate of drug-likeness (QED) is 0.693. The largest absolute Gasteiger partial charge is 0.397 e. The molecule has 0 spiro atoms. The van der Waals surface area contributed by atoms with Gasteiger partial charge in [-0.2, -0.15) is 0 Å². The monoisotopic (exact) mass is 313 g/mol. The molecule has 0 aliphatic rings. The fraction of sp³-hybridized carbons (Fsp3) is 0. The Morgan fingerprint density at radius 2 is 1.95 bits per heavy atom. The van der Waals surface area contributed by atoms with Gasteiger partial charge in [-0.1, -0.05) is 22.0 Å². The molecule has 0 unspecified atom stereocenters. The molecule has 3 nitrogen and oxygen atoms in total. The van der Waals surface area contributed by atoms with Gasteiger partial charge in [0.25, 0.3) is 0 Å². The summed E-state index contributed by atoms with van der Waals surface area (Å²) in [5.74, 6) is 0. The van der Waals surface area contributed by atoms with Crippen molar-refractivity contribution in [1.82, 2.24) is 4.98 Å². The molecule has 94 valence electrons. The number of benzene rings is 2. The fourth-order valence-corrected chi connectivity index (χ4v) is 2.42. The third-order valence-corrected chi connectivity index (χ3v) is 3.40. The number of pyridine rings is 1. The zero-order chi connectivity index (χ0) is 13.2. The molecule has 3 N–H and O–H groups in total. The molecule has 0 amide bonds. The first-order valence-corrected chi connectivity index (χ1v) is 6.69. The predicted octanol–water partition coefficient (Wildman–Crippen LogP) is 4.32. The van der Waals surface area contributed by atoms with Gasteiger partial charge in [-0.3, -0.25) is 4.98 Å². The maximum atomic E-state index is 5.94. The second kappa shape index (κ2) is 4.90. The van der Waals surface area contributed by atoms with E-state index in [9.17, 15) is 0 Å². The van der Waals surface area contributed by atoms with E-state index < -0.39 is 0 Å². The molecule has 0 bridgehead atoms. The summed E-state index contributed by atoms with van der Waals surface area (Å²) in [5.41, 5.74) is 9.47. The van der Waals surface area contributed by atoms with Crippen LogP contribution in [0, 0.1) is 0 Å². The van der Waals surface area contributed by atoms with Crippen molar-refractivity contribution in [2.45, 2.75) is 0 Å². The number of rotatable bonds is 2. The van der Waals surface area contributed by atoms with Crippen LogP contribution in [-0.2, 0) is 0 Å². The molecule has 3 rings (SSSR count). The standard InChI is InChI=1S/C15H12BrN3/c16-10-3-1-4-11(9-10)19-14-7-6-13(17)15-12(14)5-2-8-18-15/h1-9,19H,17H2. The van der Waals surface area contributed by atoms with E-state index in [4.69, 9.17) is 5.73 Å². The van der Waals surface area contributed by atoms with E-state index >= 15 is 0 Å². The molecule has 4 heteroatoms. The Labute approximate surface area is 119 Å². The van der Waals surface area contributed by atoms with Gasteiger partial charge in [-0.05, 0) is 42.5 Å². The number of hydrogen-bond acceptors (Lipinski definition) is 3. The second-order valence-electron chi connectivity index (χ2n) is 4.24. The van der Waals surface area contributed by atoms with E-state index in [1.165, 1.54) is 0 Å². The summed E-state index contributed by atoms with van der Waals surface area (Å²) in [6, 6.07) is 15.8. The van der Waals surface area contributed by atoms with Crippen molar-refractivity contribution in [3.8, 4) is 0 Å². The van der Waals surface area contributed by atoms with E-state index in [1.54, 1.807) is 6.20 Å². The molecule has 1 heterocycles. The maximum Gasteiger partial charge on any atom is 0.0951 e. The zero-order valence-corrected chi connectivity index (χ0v) is 11.7. The third kappa shape index (κ3) is 2.39. The Balaban J connectivity index is 2.09. The Kier molecular flexibility index (Phi) is 3.09. The molecule has 0 aliphatic heterocycles. The minimum atomic E-state index is 0.690. The van der Waals surface area contributed by atoms with Crippen LogP contribution in [0.15, 0.2) is 59.2 Å². The average Bonchev–Trinajstić information content (AvgIpc) is 2.42. The van der Waals surface area contributed by atoms with Crippen molar-refractivity contribution < 1.29 is 0 Å². The van der Waals surface area contributed by atoms with E-state index in [2.05, 4.69) is 26.2 Å². The minimum Gasteiger partial charge on any atom is -0.397 e. The lowest BCUT2D eigenvalue weighted by molar-refractivity contribution is 1.41. The number of hydrogen-bond donors (Lipinski definition) is 2. The highest BCUT2D eigenvalue weighted by atomic mass is 79.9. The van der Waals surface area contributed by atoms with Crippen LogP contribution in [0.3, 0.4) is 0 Å². The number of aromatic nitrogens is 1. The molecular formula is C15H12BrN3. The second-order valence-corrected chi connectivity index (χ2v) is 5.15. The van der Waals surface area contributed by atoms with Crippen LogP contribution in [-0.4, -0.2) is 4.98 Å². The molecule has 0 aliphatic carbocycles. The molecule has 2 aromatic carbocycles. The smallest absolute Gasteiger partial charge is 0.0951 e. The van der Waals surface area contributed by atoms with Crippen molar-refractivity contribution >= 4 is 43.9 Å². The molecule has 1 aromatic heterocycles.